The summed E-state index contributed by atoms with van der Waals surface area (Å²) in [4.78, 5) is 12.3. The van der Waals surface area contributed by atoms with Crippen molar-refractivity contribution in [1.82, 2.24) is 0 Å². The van der Waals surface area contributed by atoms with Gasteiger partial charge < -0.3 is 19.7 Å². The van der Waals surface area contributed by atoms with Crippen molar-refractivity contribution in [3.63, 3.8) is 0 Å². The van der Waals surface area contributed by atoms with Gasteiger partial charge in [-0.05, 0) is 60.4 Å². The Kier molecular flexibility index (Phi) is 9.80. The maximum atomic E-state index is 12.3. The number of benzene rings is 3. The van der Waals surface area contributed by atoms with Crippen molar-refractivity contribution in [1.29, 1.82) is 0 Å². The predicted octanol–water partition coefficient (Wildman–Crippen LogP) is 6.38. The lowest BCUT2D eigenvalue weighted by molar-refractivity contribution is 0.0734. The molecule has 5 nitrogen and oxygen atoms in total. The number of phenolic OH excluding ortho intramolecular Hbond substituents is 1. The fraction of sp³-hybridized carbons (Fsp3) is 0.321. The second-order valence-electron chi connectivity index (χ2n) is 8.04. The van der Waals surface area contributed by atoms with Gasteiger partial charge in [0.2, 0.25) is 0 Å². The molecule has 0 aliphatic heterocycles. The maximum Gasteiger partial charge on any atom is 0.343 e. The van der Waals surface area contributed by atoms with Gasteiger partial charge in [-0.1, -0.05) is 62.4 Å². The van der Waals surface area contributed by atoms with E-state index in [-0.39, 0.29) is 5.75 Å². The lowest BCUT2D eigenvalue weighted by Crippen LogP contribution is -2.08. The first-order valence-electron chi connectivity index (χ1n) is 11.6. The van der Waals surface area contributed by atoms with Crippen LogP contribution in [0.2, 0.25) is 0 Å². The molecular formula is C28H32O5. The summed E-state index contributed by atoms with van der Waals surface area (Å²) >= 11 is 0. The zero-order valence-corrected chi connectivity index (χ0v) is 18.9. The van der Waals surface area contributed by atoms with Crippen molar-refractivity contribution < 1.29 is 24.5 Å². The summed E-state index contributed by atoms with van der Waals surface area (Å²) in [5.41, 5.74) is 2.48. The van der Waals surface area contributed by atoms with E-state index in [0.29, 0.717) is 24.5 Å². The molecule has 0 radical (unpaired) electrons. The molecule has 0 saturated heterocycles. The number of carbonyl (C=O) groups excluding carboxylic acids is 1. The standard InChI is InChI=1S/C28H32O5/c29-19-6-4-2-1-3-5-7-20-32-26-17-15-23(16-18-26)22-11-13-24(14-12-22)28(31)33-27-10-8-9-25(30)21-27/h8-18,21,29-30H,1-7,19-20H2. The van der Waals surface area contributed by atoms with Gasteiger partial charge >= 0.3 is 5.97 Å². The third kappa shape index (κ3) is 8.28. The minimum Gasteiger partial charge on any atom is -0.508 e. The summed E-state index contributed by atoms with van der Waals surface area (Å²) in [6.07, 6.45) is 7.87. The smallest absolute Gasteiger partial charge is 0.343 e. The lowest BCUT2D eigenvalue weighted by atomic mass is 10.0. The van der Waals surface area contributed by atoms with Crippen LogP contribution in [0.1, 0.15) is 55.3 Å². The molecule has 0 atom stereocenters. The maximum absolute atomic E-state index is 12.3. The summed E-state index contributed by atoms with van der Waals surface area (Å²) in [5.74, 6) is 0.736. The van der Waals surface area contributed by atoms with Crippen LogP contribution in [0.15, 0.2) is 72.8 Å². The van der Waals surface area contributed by atoms with Crippen molar-refractivity contribution in [2.24, 2.45) is 0 Å². The van der Waals surface area contributed by atoms with E-state index in [9.17, 15) is 9.90 Å². The van der Waals surface area contributed by atoms with Gasteiger partial charge in [0.25, 0.3) is 0 Å². The molecule has 0 aliphatic carbocycles. The number of esters is 1. The molecule has 0 aliphatic rings. The Bertz CT molecular complexity index is 980. The molecular weight excluding hydrogens is 416 g/mol. The first-order valence-corrected chi connectivity index (χ1v) is 11.6. The summed E-state index contributed by atoms with van der Waals surface area (Å²) in [6, 6.07) is 21.3. The highest BCUT2D eigenvalue weighted by Crippen LogP contribution is 2.24. The first-order chi connectivity index (χ1) is 16.2. The van der Waals surface area contributed by atoms with Crippen LogP contribution in [0, 0.1) is 0 Å². The number of aromatic hydroxyl groups is 1. The zero-order chi connectivity index (χ0) is 23.3. The molecule has 3 rings (SSSR count). The first kappa shape index (κ1) is 24.3. The minimum absolute atomic E-state index is 0.0494. The topological polar surface area (TPSA) is 76.0 Å². The van der Waals surface area contributed by atoms with Gasteiger partial charge in [-0.25, -0.2) is 4.79 Å². The van der Waals surface area contributed by atoms with Gasteiger partial charge in [0.15, 0.2) is 0 Å². The van der Waals surface area contributed by atoms with E-state index in [1.165, 1.54) is 31.4 Å². The molecule has 5 heteroatoms. The SMILES string of the molecule is O=C(Oc1cccc(O)c1)c1ccc(-c2ccc(OCCCCCCCCCO)cc2)cc1. The monoisotopic (exact) mass is 448 g/mol. The largest absolute Gasteiger partial charge is 0.508 e. The molecule has 0 fully saturated rings. The molecule has 0 heterocycles. The Labute approximate surface area is 195 Å². The summed E-state index contributed by atoms with van der Waals surface area (Å²) in [6.45, 7) is 1.01. The van der Waals surface area contributed by atoms with E-state index in [0.717, 1.165) is 42.6 Å². The van der Waals surface area contributed by atoms with Gasteiger partial charge in [-0.15, -0.1) is 0 Å². The van der Waals surface area contributed by atoms with Crippen molar-refractivity contribution in [3.05, 3.63) is 78.4 Å². The van der Waals surface area contributed by atoms with Crippen LogP contribution in [0.4, 0.5) is 0 Å². The molecule has 0 spiro atoms. The van der Waals surface area contributed by atoms with Crippen LogP contribution in [0.3, 0.4) is 0 Å². The van der Waals surface area contributed by atoms with E-state index in [1.54, 1.807) is 24.3 Å². The number of ether oxygens (including phenoxy) is 2. The highest BCUT2D eigenvalue weighted by atomic mass is 16.5. The molecule has 3 aromatic rings. The highest BCUT2D eigenvalue weighted by molar-refractivity contribution is 5.91. The van der Waals surface area contributed by atoms with Crippen molar-refractivity contribution in [2.45, 2.75) is 44.9 Å². The van der Waals surface area contributed by atoms with Gasteiger partial charge in [0.1, 0.15) is 17.2 Å². The van der Waals surface area contributed by atoms with E-state index in [4.69, 9.17) is 14.6 Å². The average Bonchev–Trinajstić information content (AvgIpc) is 2.83. The Balaban J connectivity index is 1.42. The van der Waals surface area contributed by atoms with Gasteiger partial charge in [-0.3, -0.25) is 0 Å². The number of phenols is 1. The molecule has 33 heavy (non-hydrogen) atoms. The average molecular weight is 449 g/mol. The Hall–Kier alpha value is -3.31. The van der Waals surface area contributed by atoms with E-state index < -0.39 is 5.97 Å². The van der Waals surface area contributed by atoms with Gasteiger partial charge in [-0.2, -0.15) is 0 Å². The summed E-state index contributed by atoms with van der Waals surface area (Å²) in [5, 5.41) is 18.3. The van der Waals surface area contributed by atoms with Crippen molar-refractivity contribution >= 4 is 5.97 Å². The van der Waals surface area contributed by atoms with Crippen LogP contribution in [-0.4, -0.2) is 29.4 Å². The summed E-state index contributed by atoms with van der Waals surface area (Å²) < 4.78 is 11.1. The van der Waals surface area contributed by atoms with E-state index in [2.05, 4.69) is 0 Å². The summed E-state index contributed by atoms with van der Waals surface area (Å²) in [7, 11) is 0. The molecule has 2 N–H and O–H groups in total. The molecule has 3 aromatic carbocycles. The van der Waals surface area contributed by atoms with Crippen LogP contribution in [-0.2, 0) is 0 Å². The molecule has 0 unspecified atom stereocenters. The van der Waals surface area contributed by atoms with Gasteiger partial charge in [0.05, 0.1) is 12.2 Å². The number of carbonyl (C=O) groups is 1. The quantitative estimate of drug-likeness (QED) is 0.180. The molecule has 0 saturated carbocycles. The second kappa shape index (κ2) is 13.3. The predicted molar refractivity (Wildman–Crippen MR) is 130 cm³/mol. The Morgan fingerprint density at radius 1 is 0.697 bits per heavy atom. The van der Waals surface area contributed by atoms with Gasteiger partial charge in [0, 0.05) is 12.7 Å². The normalized spacial score (nSPS) is 10.7. The fourth-order valence-electron chi connectivity index (χ4n) is 3.54. The third-order valence-electron chi connectivity index (χ3n) is 5.41. The minimum atomic E-state index is -0.471. The molecule has 0 aromatic heterocycles. The van der Waals surface area contributed by atoms with Crippen LogP contribution >= 0.6 is 0 Å². The highest BCUT2D eigenvalue weighted by Gasteiger charge is 2.09. The van der Waals surface area contributed by atoms with E-state index in [1.807, 2.05) is 36.4 Å². The number of rotatable bonds is 13. The third-order valence-corrected chi connectivity index (χ3v) is 5.41. The number of hydrogen-bond donors (Lipinski definition) is 2. The van der Waals surface area contributed by atoms with Crippen molar-refractivity contribution in [3.8, 4) is 28.4 Å². The second-order valence-corrected chi connectivity index (χ2v) is 8.04. The number of unbranched alkanes of at least 4 members (excludes halogenated alkanes) is 6. The van der Waals surface area contributed by atoms with Crippen molar-refractivity contribution in [2.75, 3.05) is 13.2 Å². The molecule has 0 bridgehead atoms. The van der Waals surface area contributed by atoms with Crippen LogP contribution < -0.4 is 9.47 Å². The molecule has 0 amide bonds. The van der Waals surface area contributed by atoms with E-state index >= 15 is 0 Å². The Morgan fingerprint density at radius 2 is 1.30 bits per heavy atom. The van der Waals surface area contributed by atoms with Crippen LogP contribution in [0.5, 0.6) is 17.2 Å². The Morgan fingerprint density at radius 3 is 1.94 bits per heavy atom. The lowest BCUT2D eigenvalue weighted by Gasteiger charge is -2.08. The number of hydrogen-bond acceptors (Lipinski definition) is 5. The zero-order valence-electron chi connectivity index (χ0n) is 18.9. The number of aliphatic hydroxyl groups is 1. The number of aliphatic hydroxyl groups excluding tert-OH is 1. The molecule has 174 valence electrons. The fourth-order valence-corrected chi connectivity index (χ4v) is 3.54. The van der Waals surface area contributed by atoms with Crippen LogP contribution in [0.25, 0.3) is 11.1 Å².